The predicted molar refractivity (Wildman–Crippen MR) is 96.8 cm³/mol. The third kappa shape index (κ3) is 4.12. The molecule has 0 aliphatic carbocycles. The second kappa shape index (κ2) is 7.88. The zero-order valence-corrected chi connectivity index (χ0v) is 14.6. The average Bonchev–Trinajstić information content (AvgIpc) is 2.91. The first-order valence-corrected chi connectivity index (χ1v) is 8.13. The lowest BCUT2D eigenvalue weighted by atomic mass is 10.2. The Kier molecular flexibility index (Phi) is 5.38. The van der Waals surface area contributed by atoms with Crippen molar-refractivity contribution in [3.05, 3.63) is 82.1 Å². The van der Waals surface area contributed by atoms with Gasteiger partial charge in [-0.15, -0.1) is 0 Å². The van der Waals surface area contributed by atoms with Crippen LogP contribution in [0.5, 0.6) is 0 Å². The summed E-state index contributed by atoms with van der Waals surface area (Å²) in [5, 5.41) is 8.68. The van der Waals surface area contributed by atoms with E-state index in [1.54, 1.807) is 35.9 Å². The molecular weight excluding hydrogens is 357 g/mol. The van der Waals surface area contributed by atoms with E-state index in [0.717, 1.165) is 5.56 Å². The van der Waals surface area contributed by atoms with Gasteiger partial charge in [-0.3, -0.25) is 9.78 Å². The fourth-order valence-electron chi connectivity index (χ4n) is 2.30. The Balaban J connectivity index is 1.71. The third-order valence-corrected chi connectivity index (χ3v) is 4.06. The quantitative estimate of drug-likeness (QED) is 0.553. The maximum absolute atomic E-state index is 13.0. The van der Waals surface area contributed by atoms with E-state index >= 15 is 0 Å². The summed E-state index contributed by atoms with van der Waals surface area (Å²) in [7, 11) is 0. The molecule has 0 bridgehead atoms. The number of nitrogens with zero attached hydrogens (tertiary/aromatic N) is 4. The smallest absolute Gasteiger partial charge is 0.267 e. The van der Waals surface area contributed by atoms with Gasteiger partial charge in [-0.25, -0.2) is 14.5 Å². The highest BCUT2D eigenvalue weighted by Crippen LogP contribution is 2.19. The Morgan fingerprint density at radius 1 is 1.27 bits per heavy atom. The van der Waals surface area contributed by atoms with Crippen molar-refractivity contribution in [3.8, 4) is 0 Å². The summed E-state index contributed by atoms with van der Waals surface area (Å²) in [5.74, 6) is -0.648. The molecule has 1 N–H and O–H groups in total. The van der Waals surface area contributed by atoms with E-state index in [1.165, 1.54) is 30.7 Å². The molecule has 0 unspecified atom stereocenters. The summed E-state index contributed by atoms with van der Waals surface area (Å²) in [5.41, 5.74) is 5.02. The van der Waals surface area contributed by atoms with E-state index in [9.17, 15) is 9.18 Å². The molecule has 2 aromatic heterocycles. The molecule has 1 aromatic carbocycles. The van der Waals surface area contributed by atoms with Crippen molar-refractivity contribution >= 4 is 23.7 Å². The highest BCUT2D eigenvalue weighted by molar-refractivity contribution is 6.32. The van der Waals surface area contributed by atoms with Gasteiger partial charge in [-0.2, -0.15) is 10.2 Å². The average molecular weight is 372 g/mol. The van der Waals surface area contributed by atoms with Crippen molar-refractivity contribution in [2.75, 3.05) is 0 Å². The maximum atomic E-state index is 13.0. The van der Waals surface area contributed by atoms with E-state index in [-0.39, 0.29) is 11.7 Å². The molecule has 6 nitrogen and oxygen atoms in total. The van der Waals surface area contributed by atoms with Gasteiger partial charge in [0.05, 0.1) is 24.0 Å². The lowest BCUT2D eigenvalue weighted by Crippen LogP contribution is -2.17. The van der Waals surface area contributed by atoms with Gasteiger partial charge in [0.25, 0.3) is 5.91 Å². The van der Waals surface area contributed by atoms with Crippen LogP contribution in [0.1, 0.15) is 27.2 Å². The summed E-state index contributed by atoms with van der Waals surface area (Å²) in [6.07, 6.45) is 4.50. The molecule has 0 saturated carbocycles. The van der Waals surface area contributed by atoms with Crippen LogP contribution in [0.15, 0.2) is 53.9 Å². The van der Waals surface area contributed by atoms with Crippen LogP contribution < -0.4 is 5.43 Å². The molecule has 132 valence electrons. The number of rotatable bonds is 5. The Morgan fingerprint density at radius 2 is 1.96 bits per heavy atom. The number of nitrogens with one attached hydrogen (secondary N) is 1. The number of amides is 1. The van der Waals surface area contributed by atoms with E-state index in [1.807, 2.05) is 0 Å². The summed E-state index contributed by atoms with van der Waals surface area (Å²) >= 11 is 6.36. The van der Waals surface area contributed by atoms with Crippen molar-refractivity contribution in [2.45, 2.75) is 13.5 Å². The van der Waals surface area contributed by atoms with Crippen molar-refractivity contribution in [3.63, 3.8) is 0 Å². The number of hydrogen-bond acceptors (Lipinski definition) is 4. The molecule has 3 rings (SSSR count). The Hall–Kier alpha value is -3.06. The van der Waals surface area contributed by atoms with Crippen LogP contribution in [-0.2, 0) is 6.54 Å². The van der Waals surface area contributed by atoms with Gasteiger partial charge < -0.3 is 0 Å². The molecule has 1 amide bonds. The first kappa shape index (κ1) is 17.8. The van der Waals surface area contributed by atoms with Gasteiger partial charge >= 0.3 is 0 Å². The number of halogens is 2. The van der Waals surface area contributed by atoms with Gasteiger partial charge in [0.1, 0.15) is 11.0 Å². The minimum Gasteiger partial charge on any atom is -0.267 e. The summed E-state index contributed by atoms with van der Waals surface area (Å²) in [4.78, 5) is 15.8. The molecule has 0 aliphatic heterocycles. The molecule has 0 spiro atoms. The van der Waals surface area contributed by atoms with Crippen molar-refractivity contribution in [1.29, 1.82) is 0 Å². The molecule has 26 heavy (non-hydrogen) atoms. The van der Waals surface area contributed by atoms with Crippen LogP contribution >= 0.6 is 11.6 Å². The lowest BCUT2D eigenvalue weighted by molar-refractivity contribution is 0.0955. The van der Waals surface area contributed by atoms with Crippen LogP contribution in [-0.4, -0.2) is 26.9 Å². The SMILES string of the molecule is Cc1nn(Cc2ccc(F)cc2)c(Cl)c1C=NNC(=O)c1ccncc1. The third-order valence-electron chi connectivity index (χ3n) is 3.66. The molecule has 0 aliphatic rings. The fourth-order valence-corrected chi connectivity index (χ4v) is 2.59. The van der Waals surface area contributed by atoms with E-state index in [4.69, 9.17) is 11.6 Å². The van der Waals surface area contributed by atoms with Crippen molar-refractivity contribution in [2.24, 2.45) is 5.10 Å². The normalized spacial score (nSPS) is 11.0. The van der Waals surface area contributed by atoms with Crippen LogP contribution in [0.4, 0.5) is 4.39 Å². The van der Waals surface area contributed by atoms with E-state index < -0.39 is 0 Å². The van der Waals surface area contributed by atoms with Crippen molar-refractivity contribution < 1.29 is 9.18 Å². The van der Waals surface area contributed by atoms with Crippen LogP contribution in [0.3, 0.4) is 0 Å². The molecule has 0 saturated heterocycles. The van der Waals surface area contributed by atoms with Gasteiger partial charge in [0.15, 0.2) is 0 Å². The van der Waals surface area contributed by atoms with Crippen LogP contribution in [0.25, 0.3) is 0 Å². The Morgan fingerprint density at radius 3 is 2.65 bits per heavy atom. The maximum Gasteiger partial charge on any atom is 0.271 e. The van der Waals surface area contributed by atoms with Gasteiger partial charge in [-0.1, -0.05) is 23.7 Å². The number of aromatic nitrogens is 3. The zero-order valence-electron chi connectivity index (χ0n) is 13.9. The standard InChI is InChI=1S/C18H15ClFN5O/c1-12-16(10-22-23-18(26)14-6-8-21-9-7-14)17(19)25(24-12)11-13-2-4-15(20)5-3-13/h2-10H,11H2,1H3,(H,23,26). The van der Waals surface area contributed by atoms with Crippen LogP contribution in [0, 0.1) is 12.7 Å². The second-order valence-corrected chi connectivity index (χ2v) is 5.87. The van der Waals surface area contributed by atoms with Crippen LogP contribution in [0.2, 0.25) is 5.15 Å². The zero-order chi connectivity index (χ0) is 18.5. The molecule has 0 radical (unpaired) electrons. The highest BCUT2D eigenvalue weighted by atomic mass is 35.5. The largest absolute Gasteiger partial charge is 0.271 e. The fraction of sp³-hybridized carbons (Fsp3) is 0.111. The first-order chi connectivity index (χ1) is 12.5. The number of hydrogen-bond donors (Lipinski definition) is 1. The van der Waals surface area contributed by atoms with Gasteiger partial charge in [0.2, 0.25) is 0 Å². The monoisotopic (exact) mass is 371 g/mol. The number of hydrazone groups is 1. The number of pyridine rings is 1. The van der Waals surface area contributed by atoms with Crippen molar-refractivity contribution in [1.82, 2.24) is 20.2 Å². The number of benzene rings is 1. The Labute approximate surface area is 154 Å². The highest BCUT2D eigenvalue weighted by Gasteiger charge is 2.12. The summed E-state index contributed by atoms with van der Waals surface area (Å²) in [6.45, 7) is 2.19. The van der Waals surface area contributed by atoms with Gasteiger partial charge in [0, 0.05) is 18.0 Å². The number of carbonyl (C=O) groups excluding carboxylic acids is 1. The van der Waals surface area contributed by atoms with Gasteiger partial charge in [-0.05, 0) is 36.8 Å². The number of aryl methyl sites for hydroxylation is 1. The molecule has 2 heterocycles. The second-order valence-electron chi connectivity index (χ2n) is 5.51. The Bertz CT molecular complexity index is 938. The summed E-state index contributed by atoms with van der Waals surface area (Å²) < 4.78 is 14.6. The van der Waals surface area contributed by atoms with E-state index in [2.05, 4.69) is 20.6 Å². The number of carbonyl (C=O) groups is 1. The molecule has 3 aromatic rings. The topological polar surface area (TPSA) is 72.2 Å². The molecule has 0 atom stereocenters. The summed E-state index contributed by atoms with van der Waals surface area (Å²) in [6, 6.07) is 9.29. The molecule has 8 heteroatoms. The molecular formula is C18H15ClFN5O. The predicted octanol–water partition coefficient (Wildman–Crippen LogP) is 3.19. The van der Waals surface area contributed by atoms with E-state index in [0.29, 0.717) is 28.5 Å². The minimum atomic E-state index is -0.351. The minimum absolute atomic E-state index is 0.297. The molecule has 0 fully saturated rings. The lowest BCUT2D eigenvalue weighted by Gasteiger charge is -2.03. The first-order valence-electron chi connectivity index (χ1n) is 7.75.